The first-order valence-electron chi connectivity index (χ1n) is 9.04. The minimum Gasteiger partial charge on any atom is -0.493 e. The molecule has 0 unspecified atom stereocenters. The Morgan fingerprint density at radius 2 is 1.74 bits per heavy atom. The Bertz CT molecular complexity index is 1120. The molecule has 0 amide bonds. The fourth-order valence-electron chi connectivity index (χ4n) is 2.67. The molecule has 3 rings (SSSR count). The molecule has 158 valence electrons. The third kappa shape index (κ3) is 5.54. The molecule has 3 aromatic carbocycles. The number of ether oxygens (including phenoxy) is 2. The molecule has 0 fully saturated rings. The smallest absolute Gasteiger partial charge is 0.301 e. The number of rotatable bonds is 9. The number of non-ortho nitro benzene ring substituents is 1. The zero-order valence-corrected chi connectivity index (χ0v) is 16.4. The van der Waals surface area contributed by atoms with Gasteiger partial charge in [-0.3, -0.25) is 25.7 Å². The van der Waals surface area contributed by atoms with Gasteiger partial charge in [0, 0.05) is 6.07 Å². The summed E-state index contributed by atoms with van der Waals surface area (Å²) in [6.07, 6.45) is 1.44. The molecular formula is C21H18N4O6. The number of anilines is 1. The monoisotopic (exact) mass is 422 g/mol. The van der Waals surface area contributed by atoms with E-state index in [-0.39, 0.29) is 11.4 Å². The standard InChI is InChI=1S/C21H18N4O6/c1-30-21-11-16(7-10-20(21)31-14-15-5-3-2-4-6-15)13-22-23-18-9-8-17(24(26)27)12-19(18)25(28)29/h2-13,23H,14H2,1H3/b22-13+. The molecule has 0 aliphatic carbocycles. The maximum absolute atomic E-state index is 11.2. The molecule has 10 heteroatoms. The number of hydrazone groups is 1. The van der Waals surface area contributed by atoms with Crippen molar-refractivity contribution in [2.24, 2.45) is 5.10 Å². The zero-order valence-electron chi connectivity index (χ0n) is 16.4. The Morgan fingerprint density at radius 3 is 2.42 bits per heavy atom. The van der Waals surface area contributed by atoms with Crippen molar-refractivity contribution in [3.8, 4) is 11.5 Å². The fourth-order valence-corrected chi connectivity index (χ4v) is 2.67. The highest BCUT2D eigenvalue weighted by molar-refractivity contribution is 5.82. The van der Waals surface area contributed by atoms with Crippen molar-refractivity contribution in [2.45, 2.75) is 6.61 Å². The average molecular weight is 422 g/mol. The summed E-state index contributed by atoms with van der Waals surface area (Å²) < 4.78 is 11.2. The number of hydrogen-bond acceptors (Lipinski definition) is 8. The second-order valence-corrected chi connectivity index (χ2v) is 6.27. The largest absolute Gasteiger partial charge is 0.493 e. The topological polar surface area (TPSA) is 129 Å². The van der Waals surface area contributed by atoms with Gasteiger partial charge in [-0.05, 0) is 35.4 Å². The molecular weight excluding hydrogens is 404 g/mol. The third-order valence-electron chi connectivity index (χ3n) is 4.21. The van der Waals surface area contributed by atoms with Crippen LogP contribution in [0.5, 0.6) is 11.5 Å². The van der Waals surface area contributed by atoms with Gasteiger partial charge in [0.25, 0.3) is 5.69 Å². The van der Waals surface area contributed by atoms with Gasteiger partial charge in [0.15, 0.2) is 11.5 Å². The molecule has 0 aliphatic rings. The van der Waals surface area contributed by atoms with Crippen LogP contribution in [0.2, 0.25) is 0 Å². The number of hydrogen-bond donors (Lipinski definition) is 1. The highest BCUT2D eigenvalue weighted by Crippen LogP contribution is 2.30. The predicted molar refractivity (Wildman–Crippen MR) is 115 cm³/mol. The number of nitro groups is 2. The SMILES string of the molecule is COc1cc(/C=N/Nc2ccc([N+](=O)[O-])cc2[N+](=O)[O-])ccc1OCc1ccccc1. The van der Waals surface area contributed by atoms with Crippen LogP contribution >= 0.6 is 0 Å². The lowest BCUT2D eigenvalue weighted by atomic mass is 10.2. The Balaban J connectivity index is 1.71. The lowest BCUT2D eigenvalue weighted by molar-refractivity contribution is -0.393. The lowest BCUT2D eigenvalue weighted by Crippen LogP contribution is -2.00. The number of benzene rings is 3. The zero-order chi connectivity index (χ0) is 22.2. The van der Waals surface area contributed by atoms with E-state index in [0.29, 0.717) is 23.7 Å². The van der Waals surface area contributed by atoms with Crippen molar-refractivity contribution in [2.75, 3.05) is 12.5 Å². The minimum atomic E-state index is -0.716. The average Bonchev–Trinajstić information content (AvgIpc) is 2.78. The minimum absolute atomic E-state index is 0.0293. The molecule has 0 saturated heterocycles. The quantitative estimate of drug-likeness (QED) is 0.304. The molecule has 0 aliphatic heterocycles. The summed E-state index contributed by atoms with van der Waals surface area (Å²) in [4.78, 5) is 20.6. The fraction of sp³-hybridized carbons (Fsp3) is 0.0952. The second kappa shape index (κ2) is 9.83. The number of nitro benzene ring substituents is 2. The van der Waals surface area contributed by atoms with Crippen molar-refractivity contribution in [3.63, 3.8) is 0 Å². The van der Waals surface area contributed by atoms with Gasteiger partial charge in [-0.15, -0.1) is 0 Å². The summed E-state index contributed by atoms with van der Waals surface area (Å²) in [5.41, 5.74) is 3.41. The molecule has 0 spiro atoms. The van der Waals surface area contributed by atoms with Gasteiger partial charge in [0.05, 0.1) is 29.2 Å². The van der Waals surface area contributed by atoms with Gasteiger partial charge in [0.2, 0.25) is 0 Å². The molecule has 1 N–H and O–H groups in total. The van der Waals surface area contributed by atoms with Gasteiger partial charge < -0.3 is 9.47 Å². The first kappa shape index (κ1) is 21.2. The van der Waals surface area contributed by atoms with E-state index in [1.807, 2.05) is 30.3 Å². The normalized spacial score (nSPS) is 10.6. The van der Waals surface area contributed by atoms with E-state index in [0.717, 1.165) is 17.7 Å². The van der Waals surface area contributed by atoms with Crippen LogP contribution in [0.1, 0.15) is 11.1 Å². The third-order valence-corrected chi connectivity index (χ3v) is 4.21. The van der Waals surface area contributed by atoms with Gasteiger partial charge >= 0.3 is 5.69 Å². The van der Waals surface area contributed by atoms with Gasteiger partial charge in [-0.25, -0.2) is 0 Å². The van der Waals surface area contributed by atoms with E-state index in [2.05, 4.69) is 10.5 Å². The van der Waals surface area contributed by atoms with Crippen LogP contribution in [-0.2, 0) is 6.61 Å². The van der Waals surface area contributed by atoms with Crippen LogP contribution in [0.4, 0.5) is 17.1 Å². The van der Waals surface area contributed by atoms with Gasteiger partial charge in [-0.1, -0.05) is 30.3 Å². The van der Waals surface area contributed by atoms with Crippen LogP contribution in [0, 0.1) is 20.2 Å². The molecule has 31 heavy (non-hydrogen) atoms. The first-order valence-corrected chi connectivity index (χ1v) is 9.04. The van der Waals surface area contributed by atoms with Crippen molar-refractivity contribution >= 4 is 23.3 Å². The summed E-state index contributed by atoms with van der Waals surface area (Å²) in [6.45, 7) is 0.385. The summed E-state index contributed by atoms with van der Waals surface area (Å²) in [6, 6.07) is 18.1. The summed E-state index contributed by atoms with van der Waals surface area (Å²) in [5.74, 6) is 1.06. The summed E-state index contributed by atoms with van der Waals surface area (Å²) in [5, 5.41) is 26.0. The maximum Gasteiger partial charge on any atom is 0.301 e. The molecule has 0 radical (unpaired) electrons. The Kier molecular flexibility index (Phi) is 6.74. The molecule has 10 nitrogen and oxygen atoms in total. The van der Waals surface area contributed by atoms with E-state index in [1.54, 1.807) is 18.2 Å². The summed E-state index contributed by atoms with van der Waals surface area (Å²) in [7, 11) is 1.52. The lowest BCUT2D eigenvalue weighted by Gasteiger charge is -2.11. The van der Waals surface area contributed by atoms with Gasteiger partial charge in [-0.2, -0.15) is 5.10 Å². The van der Waals surface area contributed by atoms with Crippen molar-refractivity contribution in [1.29, 1.82) is 0 Å². The number of nitrogens with zero attached hydrogens (tertiary/aromatic N) is 3. The van der Waals surface area contributed by atoms with Crippen LogP contribution in [-0.4, -0.2) is 23.2 Å². The van der Waals surface area contributed by atoms with Crippen molar-refractivity contribution in [1.82, 2.24) is 0 Å². The maximum atomic E-state index is 11.2. The number of nitrogens with one attached hydrogen (secondary N) is 1. The Hall–Kier alpha value is -4.47. The molecule has 3 aromatic rings. The first-order chi connectivity index (χ1) is 15.0. The summed E-state index contributed by atoms with van der Waals surface area (Å²) >= 11 is 0. The van der Waals surface area contributed by atoms with Crippen LogP contribution in [0.15, 0.2) is 71.8 Å². The molecule has 0 saturated carbocycles. The molecule has 0 heterocycles. The molecule has 0 bridgehead atoms. The molecule has 0 aromatic heterocycles. The Morgan fingerprint density at radius 1 is 0.968 bits per heavy atom. The van der Waals surface area contributed by atoms with Crippen LogP contribution in [0.3, 0.4) is 0 Å². The van der Waals surface area contributed by atoms with Crippen LogP contribution < -0.4 is 14.9 Å². The highest BCUT2D eigenvalue weighted by Gasteiger charge is 2.19. The van der Waals surface area contributed by atoms with E-state index in [9.17, 15) is 20.2 Å². The van der Waals surface area contributed by atoms with E-state index >= 15 is 0 Å². The van der Waals surface area contributed by atoms with Crippen molar-refractivity contribution < 1.29 is 19.3 Å². The second-order valence-electron chi connectivity index (χ2n) is 6.27. The van der Waals surface area contributed by atoms with Crippen LogP contribution in [0.25, 0.3) is 0 Å². The van der Waals surface area contributed by atoms with Gasteiger partial charge in [0.1, 0.15) is 12.3 Å². The van der Waals surface area contributed by atoms with E-state index < -0.39 is 15.5 Å². The van der Waals surface area contributed by atoms with E-state index in [1.165, 1.54) is 19.4 Å². The molecule has 0 atom stereocenters. The highest BCUT2D eigenvalue weighted by atomic mass is 16.6. The van der Waals surface area contributed by atoms with E-state index in [4.69, 9.17) is 9.47 Å². The number of methoxy groups -OCH3 is 1. The van der Waals surface area contributed by atoms with Crippen molar-refractivity contribution in [3.05, 3.63) is 98.1 Å². The Labute approximate surface area is 177 Å². The predicted octanol–water partition coefficient (Wildman–Crippen LogP) is 4.54.